The summed E-state index contributed by atoms with van der Waals surface area (Å²) in [7, 11) is 0. The Bertz CT molecular complexity index is 385. The highest BCUT2D eigenvalue weighted by molar-refractivity contribution is 5.92. The minimum absolute atomic E-state index is 0.396. The van der Waals surface area contributed by atoms with Crippen molar-refractivity contribution in [2.24, 2.45) is 5.73 Å². The fourth-order valence-electron chi connectivity index (χ4n) is 2.71. The summed E-state index contributed by atoms with van der Waals surface area (Å²) in [5, 5.41) is 11.8. The predicted molar refractivity (Wildman–Crippen MR) is 68.4 cm³/mol. The number of carbonyl (C=O) groups excluding carboxylic acids is 2. The molecule has 108 valence electrons. The monoisotopic (exact) mass is 271 g/mol. The SMILES string of the molecule is CCCC1(C(=O)O)CCCN1C(=O)C(C)NC(N)=O. The summed E-state index contributed by atoms with van der Waals surface area (Å²) >= 11 is 0. The van der Waals surface area contributed by atoms with Gasteiger partial charge in [0, 0.05) is 6.54 Å². The first-order valence-electron chi connectivity index (χ1n) is 6.46. The first kappa shape index (κ1) is 15.3. The summed E-state index contributed by atoms with van der Waals surface area (Å²) in [6, 6.07) is -1.61. The number of amides is 3. The number of carboxylic acid groups (broad SMARTS) is 1. The lowest BCUT2D eigenvalue weighted by Crippen LogP contribution is -2.58. The summed E-state index contributed by atoms with van der Waals surface area (Å²) in [5.74, 6) is -1.38. The van der Waals surface area contributed by atoms with E-state index in [0.717, 1.165) is 0 Å². The fraction of sp³-hybridized carbons (Fsp3) is 0.750. The first-order valence-corrected chi connectivity index (χ1v) is 6.46. The number of nitrogens with zero attached hydrogens (tertiary/aromatic N) is 1. The molecule has 0 aromatic heterocycles. The molecule has 1 saturated heterocycles. The molecule has 0 aromatic carbocycles. The van der Waals surface area contributed by atoms with E-state index in [0.29, 0.717) is 32.2 Å². The van der Waals surface area contributed by atoms with Gasteiger partial charge < -0.3 is 21.1 Å². The normalized spacial score (nSPS) is 24.0. The van der Waals surface area contributed by atoms with Crippen molar-refractivity contribution < 1.29 is 19.5 Å². The molecule has 3 amide bonds. The van der Waals surface area contributed by atoms with Crippen LogP contribution in [0.4, 0.5) is 4.79 Å². The van der Waals surface area contributed by atoms with Crippen molar-refractivity contribution in [1.82, 2.24) is 10.2 Å². The number of likely N-dealkylation sites (tertiary alicyclic amines) is 1. The number of carbonyl (C=O) groups is 3. The van der Waals surface area contributed by atoms with Gasteiger partial charge in [-0.3, -0.25) is 4.79 Å². The third-order valence-electron chi connectivity index (χ3n) is 3.55. The Morgan fingerprint density at radius 1 is 1.47 bits per heavy atom. The predicted octanol–water partition coefficient (Wildman–Crippen LogP) is 0.289. The third-order valence-corrected chi connectivity index (χ3v) is 3.55. The molecule has 0 saturated carbocycles. The lowest BCUT2D eigenvalue weighted by molar-refractivity contribution is -0.157. The van der Waals surface area contributed by atoms with E-state index in [-0.39, 0.29) is 0 Å². The number of primary amides is 1. The number of urea groups is 1. The summed E-state index contributed by atoms with van der Waals surface area (Å²) in [5.41, 5.74) is 3.84. The van der Waals surface area contributed by atoms with Gasteiger partial charge in [-0.15, -0.1) is 0 Å². The van der Waals surface area contributed by atoms with Crippen LogP contribution in [0, 0.1) is 0 Å². The molecule has 1 aliphatic heterocycles. The molecule has 0 radical (unpaired) electrons. The van der Waals surface area contributed by atoms with E-state index >= 15 is 0 Å². The Morgan fingerprint density at radius 3 is 2.58 bits per heavy atom. The van der Waals surface area contributed by atoms with E-state index in [1.165, 1.54) is 11.8 Å². The highest BCUT2D eigenvalue weighted by atomic mass is 16.4. The molecule has 1 heterocycles. The molecule has 0 bridgehead atoms. The van der Waals surface area contributed by atoms with E-state index in [1.807, 2.05) is 6.92 Å². The van der Waals surface area contributed by atoms with E-state index in [4.69, 9.17) is 5.73 Å². The molecule has 1 fully saturated rings. The molecular weight excluding hydrogens is 250 g/mol. The number of carboxylic acids is 1. The molecule has 2 atom stereocenters. The number of hydrogen-bond acceptors (Lipinski definition) is 3. The van der Waals surface area contributed by atoms with Gasteiger partial charge in [0.2, 0.25) is 5.91 Å². The van der Waals surface area contributed by atoms with Crippen molar-refractivity contribution in [3.05, 3.63) is 0 Å². The Hall–Kier alpha value is -1.79. The Morgan fingerprint density at radius 2 is 2.11 bits per heavy atom. The maximum Gasteiger partial charge on any atom is 0.329 e. The second kappa shape index (κ2) is 5.90. The van der Waals surface area contributed by atoms with Crippen molar-refractivity contribution in [1.29, 1.82) is 0 Å². The quantitative estimate of drug-likeness (QED) is 0.667. The van der Waals surface area contributed by atoms with Crippen molar-refractivity contribution in [3.63, 3.8) is 0 Å². The number of hydrogen-bond donors (Lipinski definition) is 3. The standard InChI is InChI=1S/C12H21N3O4/c1-3-5-12(10(17)18)6-4-7-15(12)9(16)8(2)14-11(13)19/h8H,3-7H2,1-2H3,(H,17,18)(H3,13,14,19). The van der Waals surface area contributed by atoms with Crippen LogP contribution in [0.5, 0.6) is 0 Å². The van der Waals surface area contributed by atoms with Crippen LogP contribution < -0.4 is 11.1 Å². The zero-order valence-electron chi connectivity index (χ0n) is 11.3. The van der Waals surface area contributed by atoms with Gasteiger partial charge in [-0.2, -0.15) is 0 Å². The van der Waals surface area contributed by atoms with Crippen LogP contribution in [0.2, 0.25) is 0 Å². The van der Waals surface area contributed by atoms with Gasteiger partial charge in [0.05, 0.1) is 0 Å². The molecular formula is C12H21N3O4. The molecule has 2 unspecified atom stereocenters. The fourth-order valence-corrected chi connectivity index (χ4v) is 2.71. The Labute approximate surface area is 112 Å². The van der Waals surface area contributed by atoms with Gasteiger partial charge in [-0.1, -0.05) is 13.3 Å². The zero-order valence-corrected chi connectivity index (χ0v) is 11.3. The molecule has 7 heteroatoms. The number of nitrogens with two attached hydrogens (primary N) is 1. The average Bonchev–Trinajstić information content (AvgIpc) is 2.72. The summed E-state index contributed by atoms with van der Waals surface area (Å²) in [4.78, 5) is 36.0. The van der Waals surface area contributed by atoms with Gasteiger partial charge in [0.15, 0.2) is 0 Å². The Balaban J connectivity index is 2.93. The van der Waals surface area contributed by atoms with Gasteiger partial charge in [0.1, 0.15) is 11.6 Å². The van der Waals surface area contributed by atoms with Crippen LogP contribution in [0.15, 0.2) is 0 Å². The second-order valence-corrected chi connectivity index (χ2v) is 4.91. The second-order valence-electron chi connectivity index (χ2n) is 4.91. The van der Waals surface area contributed by atoms with Gasteiger partial charge in [0.25, 0.3) is 0 Å². The van der Waals surface area contributed by atoms with Crippen LogP contribution in [-0.2, 0) is 9.59 Å². The molecule has 1 rings (SSSR count). The van der Waals surface area contributed by atoms with Crippen LogP contribution >= 0.6 is 0 Å². The molecule has 0 aromatic rings. The highest BCUT2D eigenvalue weighted by Gasteiger charge is 2.49. The van der Waals surface area contributed by atoms with Crippen LogP contribution in [0.25, 0.3) is 0 Å². The minimum atomic E-state index is -1.14. The van der Waals surface area contributed by atoms with E-state index in [9.17, 15) is 19.5 Å². The smallest absolute Gasteiger partial charge is 0.329 e. The van der Waals surface area contributed by atoms with E-state index in [1.54, 1.807) is 0 Å². The summed E-state index contributed by atoms with van der Waals surface area (Å²) in [6.07, 6.45) is 2.19. The molecule has 0 spiro atoms. The summed E-state index contributed by atoms with van der Waals surface area (Å²) < 4.78 is 0. The molecule has 19 heavy (non-hydrogen) atoms. The molecule has 1 aliphatic rings. The topological polar surface area (TPSA) is 113 Å². The van der Waals surface area contributed by atoms with Gasteiger partial charge in [-0.05, 0) is 26.2 Å². The highest BCUT2D eigenvalue weighted by Crippen LogP contribution is 2.34. The first-order chi connectivity index (χ1) is 8.85. The third kappa shape index (κ3) is 2.97. The zero-order chi connectivity index (χ0) is 14.6. The Kier molecular flexibility index (Phi) is 4.74. The van der Waals surface area contributed by atoms with Crippen LogP contribution in [0.1, 0.15) is 39.5 Å². The molecule has 0 aliphatic carbocycles. The maximum absolute atomic E-state index is 12.3. The van der Waals surface area contributed by atoms with Crippen molar-refractivity contribution >= 4 is 17.9 Å². The van der Waals surface area contributed by atoms with E-state index in [2.05, 4.69) is 5.32 Å². The molecule has 4 N–H and O–H groups in total. The summed E-state index contributed by atoms with van der Waals surface area (Å²) in [6.45, 7) is 3.79. The van der Waals surface area contributed by atoms with E-state index < -0.39 is 29.5 Å². The molecule has 7 nitrogen and oxygen atoms in total. The lowest BCUT2D eigenvalue weighted by atomic mass is 9.90. The van der Waals surface area contributed by atoms with Crippen molar-refractivity contribution in [3.8, 4) is 0 Å². The van der Waals surface area contributed by atoms with Crippen molar-refractivity contribution in [2.75, 3.05) is 6.54 Å². The maximum atomic E-state index is 12.3. The van der Waals surface area contributed by atoms with Crippen LogP contribution in [-0.4, -0.2) is 46.0 Å². The van der Waals surface area contributed by atoms with Crippen LogP contribution in [0.3, 0.4) is 0 Å². The van der Waals surface area contributed by atoms with Crippen molar-refractivity contribution in [2.45, 2.75) is 51.1 Å². The van der Waals surface area contributed by atoms with Gasteiger partial charge in [-0.25, -0.2) is 9.59 Å². The number of rotatable bonds is 5. The number of nitrogens with one attached hydrogen (secondary N) is 1. The lowest BCUT2D eigenvalue weighted by Gasteiger charge is -2.36. The van der Waals surface area contributed by atoms with Gasteiger partial charge >= 0.3 is 12.0 Å². The number of aliphatic carboxylic acids is 1. The largest absolute Gasteiger partial charge is 0.479 e. The minimum Gasteiger partial charge on any atom is -0.479 e. The average molecular weight is 271 g/mol.